The Morgan fingerprint density at radius 2 is 2.10 bits per heavy atom. The van der Waals surface area contributed by atoms with E-state index >= 15 is 0 Å². The topological polar surface area (TPSA) is 66.4 Å². The molecule has 116 valence electrons. The normalized spacial score (nSPS) is 11.1. The van der Waals surface area contributed by atoms with Crippen LogP contribution in [0.3, 0.4) is 0 Å². The number of benzene rings is 1. The lowest BCUT2D eigenvalue weighted by atomic mass is 10.2. The first kappa shape index (κ1) is 17.5. The fraction of sp³-hybridized carbons (Fsp3) is 0.467. The van der Waals surface area contributed by atoms with Crippen LogP contribution in [0.1, 0.15) is 32.3 Å². The highest BCUT2D eigenvalue weighted by Gasteiger charge is 2.12. The Balaban J connectivity index is 2.85. The molecule has 0 radical (unpaired) electrons. The van der Waals surface area contributed by atoms with Crippen LogP contribution in [0.4, 0.5) is 10.1 Å². The van der Waals surface area contributed by atoms with Gasteiger partial charge in [-0.15, -0.1) is 0 Å². The van der Waals surface area contributed by atoms with Gasteiger partial charge in [-0.1, -0.05) is 25.7 Å². The summed E-state index contributed by atoms with van der Waals surface area (Å²) in [6.45, 7) is 3.79. The molecule has 4 nitrogen and oxygen atoms in total. The van der Waals surface area contributed by atoms with Crippen LogP contribution in [0.15, 0.2) is 18.2 Å². The number of nitrogens with one attached hydrogen (secondary N) is 1. The van der Waals surface area contributed by atoms with Gasteiger partial charge >= 0.3 is 0 Å². The van der Waals surface area contributed by atoms with E-state index in [2.05, 4.69) is 16.6 Å². The summed E-state index contributed by atoms with van der Waals surface area (Å²) in [4.78, 5) is 0. The van der Waals surface area contributed by atoms with E-state index in [-0.39, 0.29) is 35.9 Å². The second-order valence-corrected chi connectivity index (χ2v) is 6.92. The molecule has 0 aliphatic rings. The van der Waals surface area contributed by atoms with Gasteiger partial charge in [-0.05, 0) is 30.5 Å². The molecule has 21 heavy (non-hydrogen) atoms. The van der Waals surface area contributed by atoms with E-state index < -0.39 is 15.8 Å². The molecule has 0 saturated heterocycles. The van der Waals surface area contributed by atoms with Crippen LogP contribution in [0.5, 0.6) is 0 Å². The summed E-state index contributed by atoms with van der Waals surface area (Å²) in [7, 11) is -3.45. The van der Waals surface area contributed by atoms with Gasteiger partial charge < -0.3 is 5.11 Å². The predicted molar refractivity (Wildman–Crippen MR) is 81.8 cm³/mol. The SMILES string of the molecule is CC(C)CCS(=O)(=O)Nc1ccc(F)c(C#CCCO)c1. The van der Waals surface area contributed by atoms with Crippen molar-refractivity contribution in [1.29, 1.82) is 0 Å². The quantitative estimate of drug-likeness (QED) is 0.792. The third kappa shape index (κ3) is 6.61. The standard InChI is InChI=1S/C15H20FNO3S/c1-12(2)8-10-21(19,20)17-14-6-7-15(16)13(11-14)5-3-4-9-18/h6-7,11-12,17-18H,4,8-10H2,1-2H3. The average molecular weight is 313 g/mol. The van der Waals surface area contributed by atoms with Crippen molar-refractivity contribution < 1.29 is 17.9 Å². The predicted octanol–water partition coefficient (Wildman–Crippen LogP) is 2.35. The Morgan fingerprint density at radius 1 is 1.38 bits per heavy atom. The number of hydrogen-bond acceptors (Lipinski definition) is 3. The van der Waals surface area contributed by atoms with Crippen LogP contribution in [0.25, 0.3) is 0 Å². The van der Waals surface area contributed by atoms with Crippen molar-refractivity contribution in [1.82, 2.24) is 0 Å². The fourth-order valence-corrected chi connectivity index (χ4v) is 2.89. The minimum atomic E-state index is -3.45. The Bertz CT molecular complexity index is 630. The average Bonchev–Trinajstić information content (AvgIpc) is 2.40. The van der Waals surface area contributed by atoms with E-state index in [1.807, 2.05) is 13.8 Å². The first-order chi connectivity index (χ1) is 9.84. The second kappa shape index (κ2) is 8.01. The summed E-state index contributed by atoms with van der Waals surface area (Å²) >= 11 is 0. The highest BCUT2D eigenvalue weighted by atomic mass is 32.2. The van der Waals surface area contributed by atoms with Crippen LogP contribution in [0, 0.1) is 23.6 Å². The molecule has 0 amide bonds. The van der Waals surface area contributed by atoms with Gasteiger partial charge in [0.25, 0.3) is 0 Å². The van der Waals surface area contributed by atoms with E-state index in [1.54, 1.807) is 0 Å². The molecule has 0 saturated carbocycles. The second-order valence-electron chi connectivity index (χ2n) is 5.07. The zero-order valence-electron chi connectivity index (χ0n) is 12.2. The summed E-state index contributed by atoms with van der Waals surface area (Å²) in [5.74, 6) is 4.96. The Hall–Kier alpha value is -1.58. The van der Waals surface area contributed by atoms with E-state index in [0.29, 0.717) is 6.42 Å². The highest BCUT2D eigenvalue weighted by Crippen LogP contribution is 2.16. The summed E-state index contributed by atoms with van der Waals surface area (Å²) in [6, 6.07) is 3.88. The molecule has 0 spiro atoms. The first-order valence-corrected chi connectivity index (χ1v) is 8.39. The number of hydrogen-bond donors (Lipinski definition) is 2. The van der Waals surface area contributed by atoms with Gasteiger partial charge in [0, 0.05) is 12.1 Å². The fourth-order valence-electron chi connectivity index (χ4n) is 1.52. The van der Waals surface area contributed by atoms with Gasteiger partial charge in [-0.25, -0.2) is 12.8 Å². The van der Waals surface area contributed by atoms with Gasteiger partial charge in [-0.2, -0.15) is 0 Å². The molecule has 0 fully saturated rings. The molecule has 0 heterocycles. The summed E-state index contributed by atoms with van der Waals surface area (Å²) in [6.07, 6.45) is 0.795. The van der Waals surface area contributed by atoms with E-state index in [4.69, 9.17) is 5.11 Å². The zero-order chi connectivity index (χ0) is 15.9. The van der Waals surface area contributed by atoms with Gasteiger partial charge in [0.15, 0.2) is 0 Å². The molecule has 0 aliphatic heterocycles. The molecule has 1 rings (SSSR count). The minimum Gasteiger partial charge on any atom is -0.395 e. The van der Waals surface area contributed by atoms with Crippen molar-refractivity contribution in [2.45, 2.75) is 26.7 Å². The lowest BCUT2D eigenvalue weighted by Crippen LogP contribution is -2.18. The lowest BCUT2D eigenvalue weighted by Gasteiger charge is -2.10. The third-order valence-electron chi connectivity index (χ3n) is 2.66. The minimum absolute atomic E-state index is 0.0214. The summed E-state index contributed by atoms with van der Waals surface area (Å²) < 4.78 is 39.7. The van der Waals surface area contributed by atoms with Crippen LogP contribution in [-0.2, 0) is 10.0 Å². The van der Waals surface area contributed by atoms with E-state index in [0.717, 1.165) is 0 Å². The molecule has 0 unspecified atom stereocenters. The van der Waals surface area contributed by atoms with Crippen LogP contribution in [-0.4, -0.2) is 25.9 Å². The molecule has 1 aromatic carbocycles. The number of aliphatic hydroxyl groups is 1. The van der Waals surface area contributed by atoms with E-state index in [1.165, 1.54) is 18.2 Å². The molecule has 6 heteroatoms. The van der Waals surface area contributed by atoms with Gasteiger partial charge in [-0.3, -0.25) is 4.72 Å². The number of aliphatic hydroxyl groups excluding tert-OH is 1. The molecule has 2 N–H and O–H groups in total. The first-order valence-electron chi connectivity index (χ1n) is 6.74. The molecule has 0 bridgehead atoms. The Morgan fingerprint density at radius 3 is 2.71 bits per heavy atom. The maximum absolute atomic E-state index is 13.5. The van der Waals surface area contributed by atoms with Gasteiger partial charge in [0.2, 0.25) is 10.0 Å². The molecule has 0 aromatic heterocycles. The lowest BCUT2D eigenvalue weighted by molar-refractivity contribution is 0.305. The van der Waals surface area contributed by atoms with Crippen molar-refractivity contribution in [2.75, 3.05) is 17.1 Å². The van der Waals surface area contributed by atoms with Crippen molar-refractivity contribution in [2.24, 2.45) is 5.92 Å². The van der Waals surface area contributed by atoms with Gasteiger partial charge in [0.05, 0.1) is 17.9 Å². The molecular weight excluding hydrogens is 293 g/mol. The number of sulfonamides is 1. The highest BCUT2D eigenvalue weighted by molar-refractivity contribution is 7.92. The number of rotatable bonds is 6. The smallest absolute Gasteiger partial charge is 0.232 e. The van der Waals surface area contributed by atoms with Crippen molar-refractivity contribution >= 4 is 15.7 Å². The monoisotopic (exact) mass is 313 g/mol. The van der Waals surface area contributed by atoms with Crippen LogP contribution in [0.2, 0.25) is 0 Å². The third-order valence-corrected chi connectivity index (χ3v) is 3.98. The van der Waals surface area contributed by atoms with Crippen molar-refractivity contribution in [3.05, 3.63) is 29.6 Å². The zero-order valence-corrected chi connectivity index (χ0v) is 13.0. The molecule has 0 aliphatic carbocycles. The van der Waals surface area contributed by atoms with Crippen molar-refractivity contribution in [3.8, 4) is 11.8 Å². The largest absolute Gasteiger partial charge is 0.395 e. The number of anilines is 1. The molecule has 1 aromatic rings. The van der Waals surface area contributed by atoms with Gasteiger partial charge in [0.1, 0.15) is 5.82 Å². The summed E-state index contributed by atoms with van der Waals surface area (Å²) in [5, 5.41) is 8.64. The Kier molecular flexibility index (Phi) is 6.66. The summed E-state index contributed by atoms with van der Waals surface area (Å²) in [5.41, 5.74) is 0.390. The maximum atomic E-state index is 13.5. The van der Waals surface area contributed by atoms with Crippen LogP contribution >= 0.6 is 0 Å². The van der Waals surface area contributed by atoms with Crippen LogP contribution < -0.4 is 4.72 Å². The molecular formula is C15H20FNO3S. The Labute approximate surface area is 125 Å². The number of halogens is 1. The molecule has 0 atom stereocenters. The van der Waals surface area contributed by atoms with E-state index in [9.17, 15) is 12.8 Å². The van der Waals surface area contributed by atoms with Crippen molar-refractivity contribution in [3.63, 3.8) is 0 Å². The maximum Gasteiger partial charge on any atom is 0.232 e.